The Morgan fingerprint density at radius 2 is 1.69 bits per heavy atom. The maximum atomic E-state index is 12.0. The van der Waals surface area contributed by atoms with Crippen molar-refractivity contribution in [3.05, 3.63) is 70.4 Å². The average molecular weight is 367 g/mol. The van der Waals surface area contributed by atoms with E-state index in [1.165, 1.54) is 11.3 Å². The van der Waals surface area contributed by atoms with Gasteiger partial charge in [0.1, 0.15) is 5.75 Å². The molecule has 3 rings (SSSR count). The zero-order valence-corrected chi connectivity index (χ0v) is 14.9. The number of anilines is 1. The molecule has 2 aromatic carbocycles. The first-order valence-electron chi connectivity index (χ1n) is 7.94. The SMILES string of the molecule is Cc1scc(NC(=O)COc2ccc(-c3ccccc3)cc2)c1C(=O)O. The van der Waals surface area contributed by atoms with Gasteiger partial charge in [-0.2, -0.15) is 0 Å². The minimum Gasteiger partial charge on any atom is -0.484 e. The highest BCUT2D eigenvalue weighted by Gasteiger charge is 2.17. The highest BCUT2D eigenvalue weighted by atomic mass is 32.1. The second kappa shape index (κ2) is 7.84. The molecule has 0 radical (unpaired) electrons. The molecule has 26 heavy (non-hydrogen) atoms. The molecule has 0 aliphatic heterocycles. The van der Waals surface area contributed by atoms with Gasteiger partial charge in [-0.15, -0.1) is 11.3 Å². The van der Waals surface area contributed by atoms with E-state index in [4.69, 9.17) is 4.74 Å². The van der Waals surface area contributed by atoms with Crippen molar-refractivity contribution >= 4 is 28.9 Å². The fourth-order valence-corrected chi connectivity index (χ4v) is 3.31. The molecule has 6 heteroatoms. The average Bonchev–Trinajstić information content (AvgIpc) is 3.01. The molecule has 1 aromatic heterocycles. The van der Waals surface area contributed by atoms with Gasteiger partial charge in [-0.25, -0.2) is 4.79 Å². The van der Waals surface area contributed by atoms with Crippen LogP contribution in [-0.4, -0.2) is 23.6 Å². The molecule has 0 spiro atoms. The summed E-state index contributed by atoms with van der Waals surface area (Å²) in [4.78, 5) is 23.9. The number of benzene rings is 2. The van der Waals surface area contributed by atoms with Crippen LogP contribution in [0.5, 0.6) is 5.75 Å². The van der Waals surface area contributed by atoms with E-state index in [2.05, 4.69) is 5.32 Å². The van der Waals surface area contributed by atoms with Gasteiger partial charge in [0.05, 0.1) is 11.3 Å². The quantitative estimate of drug-likeness (QED) is 0.675. The Morgan fingerprint density at radius 3 is 2.35 bits per heavy atom. The molecule has 2 N–H and O–H groups in total. The van der Waals surface area contributed by atoms with Crippen LogP contribution in [0.4, 0.5) is 5.69 Å². The molecule has 0 unspecified atom stereocenters. The van der Waals surface area contributed by atoms with E-state index in [1.54, 1.807) is 24.4 Å². The number of ether oxygens (including phenoxy) is 1. The number of carbonyl (C=O) groups excluding carboxylic acids is 1. The lowest BCUT2D eigenvalue weighted by Gasteiger charge is -2.08. The summed E-state index contributed by atoms with van der Waals surface area (Å²) in [5, 5.41) is 13.4. The minimum atomic E-state index is -1.06. The zero-order valence-electron chi connectivity index (χ0n) is 14.1. The third-order valence-electron chi connectivity index (χ3n) is 3.79. The van der Waals surface area contributed by atoms with Gasteiger partial charge >= 0.3 is 5.97 Å². The van der Waals surface area contributed by atoms with Crippen molar-refractivity contribution in [2.24, 2.45) is 0 Å². The summed E-state index contributed by atoms with van der Waals surface area (Å²) in [5.41, 5.74) is 2.58. The van der Waals surface area contributed by atoms with Crippen molar-refractivity contribution in [2.45, 2.75) is 6.92 Å². The Hall–Kier alpha value is -3.12. The fourth-order valence-electron chi connectivity index (χ4n) is 2.52. The summed E-state index contributed by atoms with van der Waals surface area (Å²) in [5.74, 6) is -0.895. The Bertz CT molecular complexity index is 917. The van der Waals surface area contributed by atoms with Crippen LogP contribution in [0.25, 0.3) is 11.1 Å². The molecule has 0 fully saturated rings. The number of nitrogens with one attached hydrogen (secondary N) is 1. The fraction of sp³-hybridized carbons (Fsp3) is 0.100. The van der Waals surface area contributed by atoms with Crippen LogP contribution in [0.2, 0.25) is 0 Å². The lowest BCUT2D eigenvalue weighted by atomic mass is 10.1. The predicted molar refractivity (Wildman–Crippen MR) is 102 cm³/mol. The van der Waals surface area contributed by atoms with Gasteiger partial charge in [0, 0.05) is 10.3 Å². The number of rotatable bonds is 6. The second-order valence-corrected chi connectivity index (χ2v) is 6.70. The molecule has 0 atom stereocenters. The Morgan fingerprint density at radius 1 is 1.04 bits per heavy atom. The highest BCUT2D eigenvalue weighted by Crippen LogP contribution is 2.26. The first kappa shape index (κ1) is 17.7. The van der Waals surface area contributed by atoms with Gasteiger partial charge in [-0.05, 0) is 30.2 Å². The lowest BCUT2D eigenvalue weighted by molar-refractivity contribution is -0.118. The molecule has 132 valence electrons. The summed E-state index contributed by atoms with van der Waals surface area (Å²) in [6.07, 6.45) is 0. The molecule has 3 aromatic rings. The van der Waals surface area contributed by atoms with Crippen molar-refractivity contribution in [3.63, 3.8) is 0 Å². The monoisotopic (exact) mass is 367 g/mol. The van der Waals surface area contributed by atoms with E-state index in [0.29, 0.717) is 16.3 Å². The number of carboxylic acids is 1. The van der Waals surface area contributed by atoms with Gasteiger partial charge in [0.2, 0.25) is 0 Å². The van der Waals surface area contributed by atoms with Crippen LogP contribution in [0.1, 0.15) is 15.2 Å². The van der Waals surface area contributed by atoms with Crippen molar-refractivity contribution in [1.82, 2.24) is 0 Å². The van der Waals surface area contributed by atoms with Gasteiger partial charge < -0.3 is 15.2 Å². The van der Waals surface area contributed by atoms with Crippen LogP contribution >= 0.6 is 11.3 Å². The van der Waals surface area contributed by atoms with E-state index in [1.807, 2.05) is 42.5 Å². The van der Waals surface area contributed by atoms with Crippen molar-refractivity contribution in [1.29, 1.82) is 0 Å². The lowest BCUT2D eigenvalue weighted by Crippen LogP contribution is -2.21. The summed E-state index contributed by atoms with van der Waals surface area (Å²) in [6, 6.07) is 17.4. The molecule has 0 saturated carbocycles. The smallest absolute Gasteiger partial charge is 0.338 e. The topological polar surface area (TPSA) is 75.6 Å². The highest BCUT2D eigenvalue weighted by molar-refractivity contribution is 7.10. The van der Waals surface area contributed by atoms with Gasteiger partial charge in [0.25, 0.3) is 5.91 Å². The molecule has 0 aliphatic carbocycles. The van der Waals surface area contributed by atoms with Crippen LogP contribution < -0.4 is 10.1 Å². The molecular formula is C20H17NO4S. The summed E-state index contributed by atoms with van der Waals surface area (Å²) in [7, 11) is 0. The number of aryl methyl sites for hydroxylation is 1. The molecule has 1 amide bonds. The van der Waals surface area contributed by atoms with E-state index in [-0.39, 0.29) is 12.2 Å². The summed E-state index contributed by atoms with van der Waals surface area (Å²) in [6.45, 7) is 1.51. The van der Waals surface area contributed by atoms with Gasteiger partial charge in [-0.1, -0.05) is 42.5 Å². The number of hydrogen-bond donors (Lipinski definition) is 2. The predicted octanol–water partition coefficient (Wildman–Crippen LogP) is 4.44. The Kier molecular flexibility index (Phi) is 5.34. The number of carboxylic acid groups (broad SMARTS) is 1. The number of carbonyl (C=O) groups is 2. The van der Waals surface area contributed by atoms with Crippen LogP contribution in [0, 0.1) is 6.92 Å². The van der Waals surface area contributed by atoms with Crippen LogP contribution in [0.3, 0.4) is 0 Å². The maximum absolute atomic E-state index is 12.0. The zero-order chi connectivity index (χ0) is 18.5. The van der Waals surface area contributed by atoms with Crippen molar-refractivity contribution in [2.75, 3.05) is 11.9 Å². The molecular weight excluding hydrogens is 350 g/mol. The normalized spacial score (nSPS) is 10.3. The van der Waals surface area contributed by atoms with E-state index < -0.39 is 11.9 Å². The van der Waals surface area contributed by atoms with Crippen molar-refractivity contribution < 1.29 is 19.4 Å². The maximum Gasteiger partial charge on any atom is 0.338 e. The Labute approximate surface area is 154 Å². The van der Waals surface area contributed by atoms with E-state index in [9.17, 15) is 14.7 Å². The number of thiophene rings is 1. The molecule has 0 aliphatic rings. The molecule has 1 heterocycles. The largest absolute Gasteiger partial charge is 0.484 e. The standard InChI is InChI=1S/C20H17NO4S/c1-13-19(20(23)24)17(12-26-13)21-18(22)11-25-16-9-7-15(8-10-16)14-5-3-2-4-6-14/h2-10,12H,11H2,1H3,(H,21,22)(H,23,24). The summed E-state index contributed by atoms with van der Waals surface area (Å²) < 4.78 is 5.48. The van der Waals surface area contributed by atoms with E-state index >= 15 is 0 Å². The molecule has 5 nitrogen and oxygen atoms in total. The number of aromatic carboxylic acids is 1. The summed E-state index contributed by atoms with van der Waals surface area (Å²) >= 11 is 1.28. The van der Waals surface area contributed by atoms with E-state index in [0.717, 1.165) is 11.1 Å². The first-order chi connectivity index (χ1) is 12.5. The Balaban J connectivity index is 1.59. The second-order valence-electron chi connectivity index (χ2n) is 5.61. The van der Waals surface area contributed by atoms with Crippen LogP contribution in [-0.2, 0) is 4.79 Å². The van der Waals surface area contributed by atoms with Gasteiger partial charge in [-0.3, -0.25) is 4.79 Å². The molecule has 0 bridgehead atoms. The third kappa shape index (κ3) is 4.10. The number of hydrogen-bond acceptors (Lipinski definition) is 4. The molecule has 0 saturated heterocycles. The minimum absolute atomic E-state index is 0.121. The first-order valence-corrected chi connectivity index (χ1v) is 8.82. The van der Waals surface area contributed by atoms with Crippen LogP contribution in [0.15, 0.2) is 60.0 Å². The van der Waals surface area contributed by atoms with Gasteiger partial charge in [0.15, 0.2) is 6.61 Å². The third-order valence-corrected chi connectivity index (χ3v) is 4.71. The number of amides is 1. The van der Waals surface area contributed by atoms with Crippen molar-refractivity contribution in [3.8, 4) is 16.9 Å².